The summed E-state index contributed by atoms with van der Waals surface area (Å²) in [5.41, 5.74) is -0.367. The summed E-state index contributed by atoms with van der Waals surface area (Å²) in [4.78, 5) is 38.3. The first kappa shape index (κ1) is 38.2. The largest absolute Gasteiger partial charge is 0.481 e. The Balaban J connectivity index is 2.83. The Morgan fingerprint density at radius 2 is 1.52 bits per heavy atom. The highest BCUT2D eigenvalue weighted by atomic mass is 32.2. The molecule has 6 nitrogen and oxygen atoms in total. The number of carbonyl (C=O) groups excluding carboxylic acids is 2. The first-order valence-electron chi connectivity index (χ1n) is 14.9. The molecule has 0 heterocycles. The highest BCUT2D eigenvalue weighted by molar-refractivity contribution is 8.47. The van der Waals surface area contributed by atoms with Gasteiger partial charge in [0.15, 0.2) is 0 Å². The lowest BCUT2D eigenvalue weighted by atomic mass is 9.59. The molecular formula is C33H50O6S3. The molecule has 2 atom stereocenters. The molecule has 0 aliphatic rings. The molecule has 0 aliphatic heterocycles. The molecule has 1 aromatic carbocycles. The first-order chi connectivity index (χ1) is 19.7. The fourth-order valence-electron chi connectivity index (χ4n) is 4.94. The van der Waals surface area contributed by atoms with Crippen LogP contribution in [0, 0.1) is 16.7 Å². The van der Waals surface area contributed by atoms with Crippen LogP contribution < -0.4 is 0 Å². The van der Waals surface area contributed by atoms with E-state index < -0.39 is 22.8 Å². The number of aliphatic carboxylic acids is 1. The second-order valence-electron chi connectivity index (χ2n) is 11.4. The highest BCUT2D eigenvalue weighted by Gasteiger charge is 2.48. The van der Waals surface area contributed by atoms with E-state index in [9.17, 15) is 19.5 Å². The number of esters is 2. The number of unbranched alkanes of at least 4 members (excludes halogenated alkanes) is 1. The number of carboxylic acid groups (broad SMARTS) is 1. The third kappa shape index (κ3) is 10.7. The molecule has 0 amide bonds. The molecule has 0 radical (unpaired) electrons. The van der Waals surface area contributed by atoms with E-state index in [4.69, 9.17) is 21.7 Å². The van der Waals surface area contributed by atoms with Crippen molar-refractivity contribution in [1.82, 2.24) is 0 Å². The van der Waals surface area contributed by atoms with Gasteiger partial charge in [-0.2, -0.15) is 0 Å². The van der Waals surface area contributed by atoms with Crippen LogP contribution in [-0.4, -0.2) is 50.3 Å². The summed E-state index contributed by atoms with van der Waals surface area (Å²) in [7, 11) is 0. The maximum absolute atomic E-state index is 13.3. The number of ether oxygens (including phenoxy) is 2. The predicted octanol–water partition coefficient (Wildman–Crippen LogP) is 8.82. The van der Waals surface area contributed by atoms with Gasteiger partial charge in [0.05, 0.1) is 24.5 Å². The number of benzene rings is 1. The fourth-order valence-corrected chi connectivity index (χ4v) is 8.06. The van der Waals surface area contributed by atoms with E-state index in [1.54, 1.807) is 43.4 Å². The van der Waals surface area contributed by atoms with Crippen molar-refractivity contribution < 1.29 is 29.0 Å². The van der Waals surface area contributed by atoms with Gasteiger partial charge in [0.2, 0.25) is 0 Å². The molecule has 236 valence electrons. The summed E-state index contributed by atoms with van der Waals surface area (Å²) in [6.07, 6.45) is 5.18. The molecule has 42 heavy (non-hydrogen) atoms. The van der Waals surface area contributed by atoms with Crippen LogP contribution in [0.2, 0.25) is 0 Å². The summed E-state index contributed by atoms with van der Waals surface area (Å²) >= 11 is 8.64. The maximum atomic E-state index is 13.3. The smallest absolute Gasteiger partial charge is 0.334 e. The van der Waals surface area contributed by atoms with Crippen molar-refractivity contribution >= 4 is 63.3 Å². The lowest BCUT2D eigenvalue weighted by molar-refractivity contribution is -0.157. The van der Waals surface area contributed by atoms with E-state index in [1.807, 2.05) is 51.1 Å². The van der Waals surface area contributed by atoms with Gasteiger partial charge >= 0.3 is 17.9 Å². The number of rotatable bonds is 18. The SMILES string of the molecule is CCSC(=S)SC(C)(CC)C(C)C(=O)OCCCCOC(=O)/C(=C/c1ccccc1)CC(CC)(CC)C(C)(C)C(=O)O. The molecular weight excluding hydrogens is 589 g/mol. The predicted molar refractivity (Wildman–Crippen MR) is 181 cm³/mol. The Morgan fingerprint density at radius 1 is 0.952 bits per heavy atom. The van der Waals surface area contributed by atoms with Gasteiger partial charge in [0.25, 0.3) is 0 Å². The van der Waals surface area contributed by atoms with E-state index in [0.29, 0.717) is 31.3 Å². The van der Waals surface area contributed by atoms with Gasteiger partial charge in [-0.05, 0) is 82.1 Å². The molecule has 1 aromatic rings. The quantitative estimate of drug-likeness (QED) is 0.0733. The van der Waals surface area contributed by atoms with Crippen LogP contribution in [0.3, 0.4) is 0 Å². The van der Waals surface area contributed by atoms with Crippen LogP contribution in [0.15, 0.2) is 35.9 Å². The molecule has 0 saturated carbocycles. The third-order valence-electron chi connectivity index (χ3n) is 8.71. The van der Waals surface area contributed by atoms with Crippen LogP contribution in [-0.2, 0) is 23.9 Å². The molecule has 0 saturated heterocycles. The number of carbonyl (C=O) groups is 3. The molecule has 0 aromatic heterocycles. The second kappa shape index (κ2) is 18.1. The van der Waals surface area contributed by atoms with Gasteiger partial charge in [0, 0.05) is 10.3 Å². The van der Waals surface area contributed by atoms with Crippen molar-refractivity contribution in [1.29, 1.82) is 0 Å². The number of hydrogen-bond acceptors (Lipinski definition) is 8. The summed E-state index contributed by atoms with van der Waals surface area (Å²) in [6, 6.07) is 9.50. The third-order valence-corrected chi connectivity index (χ3v) is 11.7. The summed E-state index contributed by atoms with van der Waals surface area (Å²) in [5.74, 6) is -1.01. The average molecular weight is 639 g/mol. The van der Waals surface area contributed by atoms with E-state index in [-0.39, 0.29) is 36.3 Å². The normalized spacial score (nSPS) is 14.5. The fraction of sp³-hybridized carbons (Fsp3) is 0.636. The van der Waals surface area contributed by atoms with Crippen molar-refractivity contribution in [3.05, 3.63) is 41.5 Å². The van der Waals surface area contributed by atoms with E-state index in [1.165, 1.54) is 0 Å². The minimum absolute atomic E-state index is 0.177. The van der Waals surface area contributed by atoms with Gasteiger partial charge in [0.1, 0.15) is 3.53 Å². The van der Waals surface area contributed by atoms with Crippen molar-refractivity contribution in [3.63, 3.8) is 0 Å². The van der Waals surface area contributed by atoms with Crippen LogP contribution in [0.4, 0.5) is 0 Å². The molecule has 0 spiro atoms. The van der Waals surface area contributed by atoms with Crippen molar-refractivity contribution in [3.8, 4) is 0 Å². The highest BCUT2D eigenvalue weighted by Crippen LogP contribution is 2.50. The Kier molecular flexibility index (Phi) is 16.4. The van der Waals surface area contributed by atoms with Crippen LogP contribution in [0.1, 0.15) is 99.5 Å². The van der Waals surface area contributed by atoms with Gasteiger partial charge in [-0.1, -0.05) is 77.2 Å². The lowest BCUT2D eigenvalue weighted by Gasteiger charge is -2.43. The molecule has 9 heteroatoms. The van der Waals surface area contributed by atoms with Gasteiger partial charge in [-0.3, -0.25) is 9.59 Å². The number of hydrogen-bond donors (Lipinski definition) is 1. The molecule has 2 unspecified atom stereocenters. The molecule has 0 aliphatic carbocycles. The number of thiocarbonyl (C=S) groups is 1. The van der Waals surface area contributed by atoms with E-state index >= 15 is 0 Å². The Morgan fingerprint density at radius 3 is 2.02 bits per heavy atom. The Labute approximate surface area is 267 Å². The minimum atomic E-state index is -1.04. The van der Waals surface area contributed by atoms with Crippen LogP contribution in [0.5, 0.6) is 0 Å². The molecule has 1 N–H and O–H groups in total. The Hall–Kier alpha value is -1.84. The zero-order valence-corrected chi connectivity index (χ0v) is 29.1. The van der Waals surface area contributed by atoms with Crippen LogP contribution >= 0.6 is 35.7 Å². The standard InChI is InChI=1S/C33H50O6S3/c1-9-32(8,42-30(40)41-12-4)24(5)27(34)38-20-16-17-21-39-28(35)26(22-25-18-14-13-15-19-25)23-33(10-2,11-3)31(6,7)29(36)37/h13-15,18-19,22,24H,9-12,16-17,20-21,23H2,1-8H3,(H,36,37)/b26-22+. The van der Waals surface area contributed by atoms with Gasteiger partial charge in [-0.25, -0.2) is 4.79 Å². The summed E-state index contributed by atoms with van der Waals surface area (Å²) < 4.78 is 11.7. The molecule has 0 fully saturated rings. The summed E-state index contributed by atoms with van der Waals surface area (Å²) in [6.45, 7) is 15.9. The molecule has 0 bridgehead atoms. The van der Waals surface area contributed by atoms with Crippen molar-refractivity contribution in [2.75, 3.05) is 19.0 Å². The zero-order chi connectivity index (χ0) is 32.0. The van der Waals surface area contributed by atoms with Crippen molar-refractivity contribution in [2.45, 2.75) is 98.7 Å². The Bertz CT molecular complexity index is 1060. The lowest BCUT2D eigenvalue weighted by Crippen LogP contribution is -2.44. The van der Waals surface area contributed by atoms with Crippen molar-refractivity contribution in [2.24, 2.45) is 16.7 Å². The van der Waals surface area contributed by atoms with Crippen LogP contribution in [0.25, 0.3) is 6.08 Å². The number of thioether (sulfide) groups is 2. The molecule has 1 rings (SSSR count). The maximum Gasteiger partial charge on any atom is 0.334 e. The van der Waals surface area contributed by atoms with E-state index in [2.05, 4.69) is 20.8 Å². The number of carboxylic acids is 1. The minimum Gasteiger partial charge on any atom is -0.481 e. The average Bonchev–Trinajstić information content (AvgIpc) is 2.96. The topological polar surface area (TPSA) is 89.9 Å². The van der Waals surface area contributed by atoms with Gasteiger partial charge in [-0.15, -0.1) is 23.5 Å². The second-order valence-corrected chi connectivity index (χ2v) is 15.4. The van der Waals surface area contributed by atoms with Gasteiger partial charge < -0.3 is 14.6 Å². The monoisotopic (exact) mass is 638 g/mol. The summed E-state index contributed by atoms with van der Waals surface area (Å²) in [5, 5.41) is 10.0. The van der Waals surface area contributed by atoms with E-state index in [0.717, 1.165) is 21.3 Å². The first-order valence-corrected chi connectivity index (χ1v) is 17.1. The zero-order valence-electron chi connectivity index (χ0n) is 26.6.